The fourth-order valence-electron chi connectivity index (χ4n) is 0.607. The number of nitrogens with two attached hydrogens (primary N) is 1. The lowest BCUT2D eigenvalue weighted by Crippen LogP contribution is -2.57. The molecule has 12 heavy (non-hydrogen) atoms. The number of aliphatic hydroxyl groups excluding tert-OH is 1. The largest absolute Gasteiger partial charge is 0.467 e. The van der Waals surface area contributed by atoms with E-state index in [2.05, 4.69) is 11.3 Å². The summed E-state index contributed by atoms with van der Waals surface area (Å²) in [5.41, 5.74) is 3.26. The molecule has 5 heteroatoms. The molecule has 0 rings (SSSR count). The van der Waals surface area contributed by atoms with Gasteiger partial charge in [-0.1, -0.05) is 6.58 Å². The smallest absolute Gasteiger partial charge is 0.336 e. The lowest BCUT2D eigenvalue weighted by Gasteiger charge is -2.20. The second-order valence-corrected chi connectivity index (χ2v) is 2.19. The highest BCUT2D eigenvalue weighted by molar-refractivity contribution is 6.13. The molecule has 1 atom stereocenters. The van der Waals surface area contributed by atoms with Crippen LogP contribution in [0.4, 0.5) is 0 Å². The minimum Gasteiger partial charge on any atom is -0.467 e. The first kappa shape index (κ1) is 10.8. The predicted molar refractivity (Wildman–Crippen MR) is 41.2 cm³/mol. The van der Waals surface area contributed by atoms with E-state index in [1.54, 1.807) is 0 Å². The summed E-state index contributed by atoms with van der Waals surface area (Å²) < 4.78 is 4.24. The summed E-state index contributed by atoms with van der Waals surface area (Å²) in [7, 11) is 1.08. The molecular weight excluding hydrogens is 162 g/mol. The number of hydrogen-bond acceptors (Lipinski definition) is 5. The zero-order valence-electron chi connectivity index (χ0n) is 6.74. The number of carbonyl (C=O) groups excluding carboxylic acids is 2. The number of esters is 1. The zero-order valence-corrected chi connectivity index (χ0v) is 6.74. The van der Waals surface area contributed by atoms with Crippen LogP contribution in [-0.2, 0) is 14.3 Å². The second-order valence-electron chi connectivity index (χ2n) is 2.19. The van der Waals surface area contributed by atoms with Gasteiger partial charge in [-0.25, -0.2) is 4.79 Å². The summed E-state index contributed by atoms with van der Waals surface area (Å²) in [6.45, 7) is 2.34. The Morgan fingerprint density at radius 1 is 1.75 bits per heavy atom. The van der Waals surface area contributed by atoms with Crippen molar-refractivity contribution in [2.75, 3.05) is 13.7 Å². The van der Waals surface area contributed by atoms with Crippen LogP contribution in [0.3, 0.4) is 0 Å². The van der Waals surface area contributed by atoms with Crippen LogP contribution < -0.4 is 5.73 Å². The normalized spacial score (nSPS) is 14.6. The summed E-state index contributed by atoms with van der Waals surface area (Å²) in [6, 6.07) is 0. The maximum atomic E-state index is 11.0. The molecule has 68 valence electrons. The highest BCUT2D eigenvalue weighted by Crippen LogP contribution is 2.04. The maximum absolute atomic E-state index is 11.0. The van der Waals surface area contributed by atoms with Crippen LogP contribution in [0, 0.1) is 0 Å². The minimum absolute atomic E-state index is 0.767. The van der Waals surface area contributed by atoms with E-state index in [-0.39, 0.29) is 0 Å². The highest BCUT2D eigenvalue weighted by Gasteiger charge is 2.40. The Morgan fingerprint density at radius 2 is 2.25 bits per heavy atom. The highest BCUT2D eigenvalue weighted by atomic mass is 16.5. The number of ketones is 1. The molecule has 0 fully saturated rings. The van der Waals surface area contributed by atoms with Gasteiger partial charge in [-0.2, -0.15) is 0 Å². The maximum Gasteiger partial charge on any atom is 0.336 e. The summed E-state index contributed by atoms with van der Waals surface area (Å²) in [6.07, 6.45) is 0.868. The molecule has 0 aromatic carbocycles. The van der Waals surface area contributed by atoms with Crippen molar-refractivity contribution in [3.8, 4) is 0 Å². The summed E-state index contributed by atoms with van der Waals surface area (Å²) in [5.74, 6) is -1.74. The standard InChI is InChI=1S/C7H11NO4/c1-3-5(10)7(8,4-9)6(11)12-2/h3,9H,1,4,8H2,2H3/t7-/m1/s1. The first-order valence-electron chi connectivity index (χ1n) is 3.18. The van der Waals surface area contributed by atoms with Crippen LogP contribution in [0.15, 0.2) is 12.7 Å². The van der Waals surface area contributed by atoms with E-state index in [9.17, 15) is 9.59 Å². The number of methoxy groups -OCH3 is 1. The third kappa shape index (κ3) is 1.69. The van der Waals surface area contributed by atoms with E-state index in [1.165, 1.54) is 0 Å². The molecule has 0 aromatic rings. The van der Waals surface area contributed by atoms with Crippen LogP contribution in [0.1, 0.15) is 0 Å². The van der Waals surface area contributed by atoms with Crippen LogP contribution in [0.2, 0.25) is 0 Å². The van der Waals surface area contributed by atoms with Gasteiger partial charge in [-0.15, -0.1) is 0 Å². The van der Waals surface area contributed by atoms with Crippen LogP contribution in [-0.4, -0.2) is 36.1 Å². The first-order chi connectivity index (χ1) is 5.52. The van der Waals surface area contributed by atoms with Gasteiger partial charge in [0.2, 0.25) is 5.54 Å². The van der Waals surface area contributed by atoms with Crippen molar-refractivity contribution in [3.05, 3.63) is 12.7 Å². The molecule has 0 saturated heterocycles. The van der Waals surface area contributed by atoms with Crippen molar-refractivity contribution in [3.63, 3.8) is 0 Å². The quantitative estimate of drug-likeness (QED) is 0.310. The summed E-state index contributed by atoms with van der Waals surface area (Å²) >= 11 is 0. The minimum atomic E-state index is -2.00. The van der Waals surface area contributed by atoms with Crippen molar-refractivity contribution in [2.24, 2.45) is 5.73 Å². The fourth-order valence-corrected chi connectivity index (χ4v) is 0.607. The van der Waals surface area contributed by atoms with Gasteiger partial charge in [-0.05, 0) is 6.08 Å². The number of aliphatic hydroxyl groups is 1. The topological polar surface area (TPSA) is 89.6 Å². The van der Waals surface area contributed by atoms with E-state index >= 15 is 0 Å². The molecule has 3 N–H and O–H groups in total. The third-order valence-corrected chi connectivity index (χ3v) is 1.42. The first-order valence-corrected chi connectivity index (χ1v) is 3.18. The monoisotopic (exact) mass is 173 g/mol. The van der Waals surface area contributed by atoms with Gasteiger partial charge in [0.05, 0.1) is 13.7 Å². The molecule has 0 bridgehead atoms. The van der Waals surface area contributed by atoms with Crippen LogP contribution in [0.25, 0.3) is 0 Å². The number of hydrogen-bond donors (Lipinski definition) is 2. The van der Waals surface area contributed by atoms with E-state index in [1.807, 2.05) is 0 Å². The van der Waals surface area contributed by atoms with E-state index < -0.39 is 23.9 Å². The Labute approximate surface area is 69.8 Å². The fraction of sp³-hybridized carbons (Fsp3) is 0.429. The number of carbonyl (C=O) groups is 2. The molecule has 0 aliphatic carbocycles. The molecule has 0 aliphatic rings. The number of rotatable bonds is 4. The summed E-state index contributed by atoms with van der Waals surface area (Å²) in [4.78, 5) is 21.9. The molecule has 0 aromatic heterocycles. The van der Waals surface area contributed by atoms with Crippen molar-refractivity contribution < 1.29 is 19.4 Å². The Balaban J connectivity index is 4.78. The van der Waals surface area contributed by atoms with Crippen molar-refractivity contribution in [1.82, 2.24) is 0 Å². The van der Waals surface area contributed by atoms with Crippen molar-refractivity contribution >= 4 is 11.8 Å². The van der Waals surface area contributed by atoms with Gasteiger partial charge in [0.15, 0.2) is 5.78 Å². The summed E-state index contributed by atoms with van der Waals surface area (Å²) in [5, 5.41) is 8.69. The number of ether oxygens (including phenoxy) is 1. The Bertz CT molecular complexity index is 213. The van der Waals surface area contributed by atoms with Gasteiger partial charge in [0.1, 0.15) is 0 Å². The van der Waals surface area contributed by atoms with Crippen molar-refractivity contribution in [2.45, 2.75) is 5.54 Å². The van der Waals surface area contributed by atoms with Gasteiger partial charge >= 0.3 is 5.97 Å². The van der Waals surface area contributed by atoms with Crippen LogP contribution >= 0.6 is 0 Å². The van der Waals surface area contributed by atoms with Crippen molar-refractivity contribution in [1.29, 1.82) is 0 Å². The van der Waals surface area contributed by atoms with Gasteiger partial charge in [0, 0.05) is 0 Å². The molecular formula is C7H11NO4. The van der Waals surface area contributed by atoms with E-state index in [0.29, 0.717) is 0 Å². The van der Waals surface area contributed by atoms with E-state index in [0.717, 1.165) is 13.2 Å². The zero-order chi connectivity index (χ0) is 9.78. The molecule has 0 amide bonds. The molecule has 0 radical (unpaired) electrons. The molecule has 0 saturated carbocycles. The second kappa shape index (κ2) is 3.99. The lowest BCUT2D eigenvalue weighted by atomic mass is 9.96. The lowest BCUT2D eigenvalue weighted by molar-refractivity contribution is -0.151. The Kier molecular flexibility index (Phi) is 3.59. The molecule has 0 spiro atoms. The molecule has 5 nitrogen and oxygen atoms in total. The molecule has 0 unspecified atom stereocenters. The van der Waals surface area contributed by atoms with Crippen LogP contribution in [0.5, 0.6) is 0 Å². The Morgan fingerprint density at radius 3 is 2.50 bits per heavy atom. The Hall–Kier alpha value is -1.20. The predicted octanol–water partition coefficient (Wildman–Crippen LogP) is -1.40. The van der Waals surface area contributed by atoms with Gasteiger partial charge < -0.3 is 15.6 Å². The van der Waals surface area contributed by atoms with Gasteiger partial charge in [-0.3, -0.25) is 4.79 Å². The van der Waals surface area contributed by atoms with Gasteiger partial charge in [0.25, 0.3) is 0 Å². The average molecular weight is 173 g/mol. The molecule has 0 aliphatic heterocycles. The SMILES string of the molecule is C=CC(=O)[C@](N)(CO)C(=O)OC. The molecule has 0 heterocycles. The van der Waals surface area contributed by atoms with E-state index in [4.69, 9.17) is 10.8 Å². The third-order valence-electron chi connectivity index (χ3n) is 1.42. The average Bonchev–Trinajstić information content (AvgIpc) is 2.13.